The highest BCUT2D eigenvalue weighted by molar-refractivity contribution is 7.22. The fourth-order valence-corrected chi connectivity index (χ4v) is 4.11. The standard InChI is InChI=1S/C20H18N6OS/c1-12-23-10-13(11-24-12)18-19(22-7-6-21-18)27-15-8-14(9-15)25-20-26-16-4-2-3-5-17(16)28-20/h2-7,10-11,14-15H,8-9H2,1H3,(H,25,26)/t14-,15+. The average Bonchev–Trinajstić information content (AvgIpc) is 3.10. The first-order valence-electron chi connectivity index (χ1n) is 9.13. The van der Waals surface area contributed by atoms with Crippen molar-refractivity contribution in [2.24, 2.45) is 0 Å². The average molecular weight is 390 g/mol. The Bertz CT molecular complexity index is 1070. The molecule has 140 valence electrons. The van der Waals surface area contributed by atoms with Gasteiger partial charge in [0.1, 0.15) is 17.6 Å². The molecule has 7 nitrogen and oxygen atoms in total. The van der Waals surface area contributed by atoms with Gasteiger partial charge in [0.05, 0.1) is 10.2 Å². The Morgan fingerprint density at radius 1 is 1.04 bits per heavy atom. The Morgan fingerprint density at radius 3 is 2.64 bits per heavy atom. The van der Waals surface area contributed by atoms with E-state index in [1.54, 1.807) is 36.1 Å². The third-order valence-corrected chi connectivity index (χ3v) is 5.68. The molecule has 0 aliphatic heterocycles. The van der Waals surface area contributed by atoms with Gasteiger partial charge in [-0.1, -0.05) is 23.5 Å². The topological polar surface area (TPSA) is 85.7 Å². The van der Waals surface area contributed by atoms with Gasteiger partial charge in [-0.15, -0.1) is 0 Å². The zero-order valence-corrected chi connectivity index (χ0v) is 16.1. The van der Waals surface area contributed by atoms with E-state index in [9.17, 15) is 0 Å². The lowest BCUT2D eigenvalue weighted by atomic mass is 9.89. The van der Waals surface area contributed by atoms with Crippen molar-refractivity contribution in [3.05, 3.63) is 54.9 Å². The number of thiazole rings is 1. The number of benzene rings is 1. The van der Waals surface area contributed by atoms with Gasteiger partial charge < -0.3 is 10.1 Å². The molecule has 3 heterocycles. The molecule has 28 heavy (non-hydrogen) atoms. The van der Waals surface area contributed by atoms with Gasteiger partial charge in [-0.25, -0.2) is 24.9 Å². The number of aromatic nitrogens is 5. The number of fused-ring (bicyclic) bond motifs is 1. The molecule has 0 unspecified atom stereocenters. The van der Waals surface area contributed by atoms with E-state index < -0.39 is 0 Å². The highest BCUT2D eigenvalue weighted by Gasteiger charge is 2.32. The Labute approximate surface area is 165 Å². The highest BCUT2D eigenvalue weighted by Crippen LogP contribution is 2.33. The van der Waals surface area contributed by atoms with Gasteiger partial charge >= 0.3 is 0 Å². The summed E-state index contributed by atoms with van der Waals surface area (Å²) in [5.41, 5.74) is 2.51. The van der Waals surface area contributed by atoms with Crippen LogP contribution in [-0.2, 0) is 0 Å². The SMILES string of the molecule is Cc1ncc(-c2nccnc2O[C@H]2C[C@@H](Nc3nc4ccccc4s3)C2)cn1. The first-order valence-corrected chi connectivity index (χ1v) is 9.95. The lowest BCUT2D eigenvalue weighted by molar-refractivity contribution is 0.103. The molecule has 0 bridgehead atoms. The van der Waals surface area contributed by atoms with Crippen LogP contribution in [0, 0.1) is 6.92 Å². The van der Waals surface area contributed by atoms with Crippen LogP contribution in [0.3, 0.4) is 0 Å². The van der Waals surface area contributed by atoms with Crippen LogP contribution in [0.15, 0.2) is 49.1 Å². The molecule has 3 aromatic heterocycles. The van der Waals surface area contributed by atoms with Crippen LogP contribution in [-0.4, -0.2) is 37.1 Å². The van der Waals surface area contributed by atoms with E-state index >= 15 is 0 Å². The van der Waals surface area contributed by atoms with Crippen molar-refractivity contribution in [1.82, 2.24) is 24.9 Å². The summed E-state index contributed by atoms with van der Waals surface area (Å²) in [5.74, 6) is 1.25. The maximum absolute atomic E-state index is 6.11. The Balaban J connectivity index is 1.23. The van der Waals surface area contributed by atoms with Crippen LogP contribution in [0.25, 0.3) is 21.5 Å². The zero-order chi connectivity index (χ0) is 18.9. The number of ether oxygens (including phenoxy) is 1. The second-order valence-electron chi connectivity index (χ2n) is 6.77. The summed E-state index contributed by atoms with van der Waals surface area (Å²) in [4.78, 5) is 21.9. The molecule has 0 spiro atoms. The normalized spacial score (nSPS) is 18.6. The summed E-state index contributed by atoms with van der Waals surface area (Å²) in [5, 5.41) is 4.47. The van der Waals surface area contributed by atoms with E-state index in [0.717, 1.165) is 34.9 Å². The predicted molar refractivity (Wildman–Crippen MR) is 108 cm³/mol. The van der Waals surface area contributed by atoms with Crippen LogP contribution in [0.4, 0.5) is 5.13 Å². The zero-order valence-electron chi connectivity index (χ0n) is 15.2. The first kappa shape index (κ1) is 17.0. The van der Waals surface area contributed by atoms with Crippen molar-refractivity contribution in [1.29, 1.82) is 0 Å². The Kier molecular flexibility index (Phi) is 4.32. The number of hydrogen-bond donors (Lipinski definition) is 1. The second kappa shape index (κ2) is 7.12. The minimum atomic E-state index is 0.105. The summed E-state index contributed by atoms with van der Waals surface area (Å²) in [6.45, 7) is 1.85. The summed E-state index contributed by atoms with van der Waals surface area (Å²) < 4.78 is 7.30. The minimum Gasteiger partial charge on any atom is -0.473 e. The molecule has 4 aromatic rings. The maximum Gasteiger partial charge on any atom is 0.240 e. The third kappa shape index (κ3) is 3.38. The Morgan fingerprint density at radius 2 is 1.82 bits per heavy atom. The number of rotatable bonds is 5. The van der Waals surface area contributed by atoms with Crippen LogP contribution in [0.2, 0.25) is 0 Å². The van der Waals surface area contributed by atoms with Crippen LogP contribution in [0.1, 0.15) is 18.7 Å². The molecule has 0 amide bonds. The number of nitrogens with zero attached hydrogens (tertiary/aromatic N) is 5. The molecule has 1 aliphatic rings. The maximum atomic E-state index is 6.11. The lowest BCUT2D eigenvalue weighted by Crippen LogP contribution is -2.42. The van der Waals surface area contributed by atoms with E-state index in [1.165, 1.54) is 4.70 Å². The number of aryl methyl sites for hydroxylation is 1. The van der Waals surface area contributed by atoms with Crippen molar-refractivity contribution >= 4 is 26.7 Å². The fourth-order valence-electron chi connectivity index (χ4n) is 3.17. The fraction of sp³-hybridized carbons (Fsp3) is 0.250. The second-order valence-corrected chi connectivity index (χ2v) is 7.80. The summed E-state index contributed by atoms with van der Waals surface area (Å²) in [6, 6.07) is 8.53. The molecule has 1 fully saturated rings. The van der Waals surface area contributed by atoms with Gasteiger partial charge in [-0.05, 0) is 19.1 Å². The smallest absolute Gasteiger partial charge is 0.240 e. The molecular weight excluding hydrogens is 372 g/mol. The number of para-hydroxylation sites is 1. The molecule has 1 saturated carbocycles. The number of nitrogens with one attached hydrogen (secondary N) is 1. The highest BCUT2D eigenvalue weighted by atomic mass is 32.1. The van der Waals surface area contributed by atoms with E-state index in [0.29, 0.717) is 17.6 Å². The molecule has 5 rings (SSSR count). The molecule has 8 heteroatoms. The van der Waals surface area contributed by atoms with Gasteiger partial charge in [-0.3, -0.25) is 0 Å². The van der Waals surface area contributed by atoms with E-state index in [-0.39, 0.29) is 6.10 Å². The molecule has 1 aromatic carbocycles. The van der Waals surface area contributed by atoms with Gasteiger partial charge in [-0.2, -0.15) is 0 Å². The Hall–Kier alpha value is -3.13. The third-order valence-electron chi connectivity index (χ3n) is 4.71. The monoisotopic (exact) mass is 390 g/mol. The summed E-state index contributed by atoms with van der Waals surface area (Å²) in [7, 11) is 0. The van der Waals surface area contributed by atoms with E-state index in [4.69, 9.17) is 4.74 Å². The van der Waals surface area contributed by atoms with Crippen molar-refractivity contribution in [3.8, 4) is 17.1 Å². The van der Waals surface area contributed by atoms with Gasteiger partial charge in [0.2, 0.25) is 5.88 Å². The van der Waals surface area contributed by atoms with Crippen LogP contribution < -0.4 is 10.1 Å². The van der Waals surface area contributed by atoms with E-state index in [2.05, 4.69) is 36.3 Å². The largest absolute Gasteiger partial charge is 0.473 e. The van der Waals surface area contributed by atoms with Crippen molar-refractivity contribution < 1.29 is 4.74 Å². The summed E-state index contributed by atoms with van der Waals surface area (Å²) in [6.07, 6.45) is 8.69. The van der Waals surface area contributed by atoms with Crippen LogP contribution >= 0.6 is 11.3 Å². The molecule has 0 saturated heterocycles. The molecular formula is C20H18N6OS. The molecule has 0 atom stereocenters. The first-order chi connectivity index (χ1) is 13.7. The molecule has 1 N–H and O–H groups in total. The predicted octanol–water partition coefficient (Wildman–Crippen LogP) is 3.87. The van der Waals surface area contributed by atoms with Crippen molar-refractivity contribution in [2.45, 2.75) is 31.9 Å². The van der Waals surface area contributed by atoms with Crippen molar-refractivity contribution in [3.63, 3.8) is 0 Å². The lowest BCUT2D eigenvalue weighted by Gasteiger charge is -2.35. The number of anilines is 1. The molecule has 0 radical (unpaired) electrons. The molecule has 1 aliphatic carbocycles. The van der Waals surface area contributed by atoms with Gasteiger partial charge in [0, 0.05) is 49.2 Å². The van der Waals surface area contributed by atoms with Crippen LogP contribution in [0.5, 0.6) is 5.88 Å². The number of hydrogen-bond acceptors (Lipinski definition) is 8. The van der Waals surface area contributed by atoms with Gasteiger partial charge in [0.15, 0.2) is 5.13 Å². The van der Waals surface area contributed by atoms with Gasteiger partial charge in [0.25, 0.3) is 0 Å². The van der Waals surface area contributed by atoms with E-state index in [1.807, 2.05) is 25.1 Å². The minimum absolute atomic E-state index is 0.105. The van der Waals surface area contributed by atoms with Crippen molar-refractivity contribution in [2.75, 3.05) is 5.32 Å². The summed E-state index contributed by atoms with van der Waals surface area (Å²) >= 11 is 1.68. The quantitative estimate of drug-likeness (QED) is 0.553.